The van der Waals surface area contributed by atoms with Gasteiger partial charge in [0.1, 0.15) is 5.75 Å². The molecule has 0 saturated heterocycles. The minimum atomic E-state index is 0.189. The molecule has 0 amide bonds. The largest absolute Gasteiger partial charge is 0.506 e. The summed E-state index contributed by atoms with van der Waals surface area (Å²) < 4.78 is 0. The van der Waals surface area contributed by atoms with Crippen LogP contribution in [0.25, 0.3) is 17.0 Å². The summed E-state index contributed by atoms with van der Waals surface area (Å²) in [6.45, 7) is 3.68. The van der Waals surface area contributed by atoms with Crippen molar-refractivity contribution in [3.63, 3.8) is 0 Å². The Balaban J connectivity index is 2.74. The number of aromatic hydroxyl groups is 1. The topological polar surface area (TPSA) is 33.1 Å². The molecule has 0 fully saturated rings. The maximum atomic E-state index is 9.21. The van der Waals surface area contributed by atoms with Crippen LogP contribution in [-0.4, -0.2) is 10.1 Å². The van der Waals surface area contributed by atoms with Gasteiger partial charge < -0.3 is 5.11 Å². The van der Waals surface area contributed by atoms with Gasteiger partial charge in [0.25, 0.3) is 0 Å². The molecule has 1 heterocycles. The highest BCUT2D eigenvalue weighted by atomic mass is 16.3. The summed E-state index contributed by atoms with van der Waals surface area (Å²) in [5.41, 5.74) is 1.91. The Morgan fingerprint density at radius 2 is 2.15 bits per heavy atom. The van der Waals surface area contributed by atoms with Crippen LogP contribution in [0.3, 0.4) is 0 Å². The van der Waals surface area contributed by atoms with Crippen molar-refractivity contribution < 1.29 is 5.11 Å². The zero-order valence-corrected chi connectivity index (χ0v) is 7.07. The van der Waals surface area contributed by atoms with Crippen molar-refractivity contribution in [3.05, 3.63) is 42.6 Å². The maximum Gasteiger partial charge on any atom is 0.134 e. The molecule has 0 unspecified atom stereocenters. The molecule has 0 bridgehead atoms. The van der Waals surface area contributed by atoms with Gasteiger partial charge in [-0.3, -0.25) is 4.98 Å². The van der Waals surface area contributed by atoms with Gasteiger partial charge in [0.2, 0.25) is 0 Å². The second-order valence-corrected chi connectivity index (χ2v) is 2.85. The molecular formula is C11H9NO. The zero-order valence-electron chi connectivity index (χ0n) is 7.07. The van der Waals surface area contributed by atoms with E-state index in [1.54, 1.807) is 12.1 Å². The van der Waals surface area contributed by atoms with Gasteiger partial charge in [-0.1, -0.05) is 18.7 Å². The first-order valence-corrected chi connectivity index (χ1v) is 4.01. The average molecular weight is 171 g/mol. The first-order chi connectivity index (χ1) is 6.29. The Hall–Kier alpha value is -1.83. The monoisotopic (exact) mass is 171 g/mol. The van der Waals surface area contributed by atoms with Crippen molar-refractivity contribution in [1.29, 1.82) is 0 Å². The normalized spacial score (nSPS) is 10.2. The maximum absolute atomic E-state index is 9.21. The number of rotatable bonds is 1. The van der Waals surface area contributed by atoms with Crippen LogP contribution in [0.2, 0.25) is 0 Å². The third kappa shape index (κ3) is 1.38. The van der Waals surface area contributed by atoms with E-state index in [2.05, 4.69) is 11.6 Å². The molecule has 2 nitrogen and oxygen atoms in total. The van der Waals surface area contributed by atoms with Gasteiger partial charge in [-0.15, -0.1) is 0 Å². The molecular weight excluding hydrogens is 162 g/mol. The van der Waals surface area contributed by atoms with Crippen molar-refractivity contribution in [2.24, 2.45) is 0 Å². The SMILES string of the molecule is C=Cc1ccc2ncc(O)cc2c1. The van der Waals surface area contributed by atoms with Crippen LogP contribution in [0.4, 0.5) is 0 Å². The second kappa shape index (κ2) is 2.90. The van der Waals surface area contributed by atoms with Gasteiger partial charge in [0.15, 0.2) is 0 Å². The molecule has 13 heavy (non-hydrogen) atoms. The highest BCUT2D eigenvalue weighted by Crippen LogP contribution is 2.18. The molecule has 2 aromatic rings. The predicted molar refractivity (Wildman–Crippen MR) is 53.5 cm³/mol. The van der Waals surface area contributed by atoms with Crippen LogP contribution in [0.15, 0.2) is 37.0 Å². The van der Waals surface area contributed by atoms with E-state index >= 15 is 0 Å². The Morgan fingerprint density at radius 1 is 1.31 bits per heavy atom. The number of fused-ring (bicyclic) bond motifs is 1. The van der Waals surface area contributed by atoms with E-state index < -0.39 is 0 Å². The third-order valence-corrected chi connectivity index (χ3v) is 1.93. The molecule has 64 valence electrons. The van der Waals surface area contributed by atoms with Crippen LogP contribution in [-0.2, 0) is 0 Å². The highest BCUT2D eigenvalue weighted by molar-refractivity contribution is 5.82. The van der Waals surface area contributed by atoms with E-state index in [0.29, 0.717) is 0 Å². The fourth-order valence-corrected chi connectivity index (χ4v) is 1.27. The van der Waals surface area contributed by atoms with Gasteiger partial charge >= 0.3 is 0 Å². The third-order valence-electron chi connectivity index (χ3n) is 1.93. The minimum absolute atomic E-state index is 0.189. The number of pyridine rings is 1. The molecule has 2 heteroatoms. The van der Waals surface area contributed by atoms with Crippen molar-refractivity contribution in [2.75, 3.05) is 0 Å². The lowest BCUT2D eigenvalue weighted by atomic mass is 10.1. The standard InChI is InChI=1S/C11H9NO/c1-2-8-3-4-11-9(5-8)6-10(13)7-12-11/h2-7,13H,1H2. The zero-order chi connectivity index (χ0) is 9.26. The molecule has 0 aliphatic carbocycles. The van der Waals surface area contributed by atoms with Crippen LogP contribution in [0.5, 0.6) is 5.75 Å². The van der Waals surface area contributed by atoms with E-state index in [-0.39, 0.29) is 5.75 Å². The molecule has 1 aromatic carbocycles. The summed E-state index contributed by atoms with van der Waals surface area (Å²) in [5, 5.41) is 10.1. The van der Waals surface area contributed by atoms with Gasteiger partial charge in [-0.2, -0.15) is 0 Å². The summed E-state index contributed by atoms with van der Waals surface area (Å²) in [4.78, 5) is 4.07. The van der Waals surface area contributed by atoms with E-state index in [4.69, 9.17) is 0 Å². The van der Waals surface area contributed by atoms with Crippen LogP contribution in [0.1, 0.15) is 5.56 Å². The molecule has 0 spiro atoms. The first kappa shape index (κ1) is 7.80. The lowest BCUT2D eigenvalue weighted by Crippen LogP contribution is -1.79. The minimum Gasteiger partial charge on any atom is -0.506 e. The molecule has 0 atom stereocenters. The number of hydrogen-bond acceptors (Lipinski definition) is 2. The lowest BCUT2D eigenvalue weighted by Gasteiger charge is -1.98. The Labute approximate surface area is 76.2 Å². The summed E-state index contributed by atoms with van der Waals surface area (Å²) >= 11 is 0. The van der Waals surface area contributed by atoms with E-state index in [0.717, 1.165) is 16.5 Å². The molecule has 0 aliphatic rings. The average Bonchev–Trinajstić information content (AvgIpc) is 2.16. The van der Waals surface area contributed by atoms with Crippen LogP contribution >= 0.6 is 0 Å². The number of benzene rings is 1. The summed E-state index contributed by atoms with van der Waals surface area (Å²) in [7, 11) is 0. The Bertz CT molecular complexity index is 463. The Kier molecular flexibility index (Phi) is 1.74. The summed E-state index contributed by atoms with van der Waals surface area (Å²) in [6.07, 6.45) is 3.21. The van der Waals surface area contributed by atoms with Gasteiger partial charge in [0, 0.05) is 5.39 Å². The van der Waals surface area contributed by atoms with Crippen LogP contribution < -0.4 is 0 Å². The summed E-state index contributed by atoms with van der Waals surface area (Å²) in [5.74, 6) is 0.189. The van der Waals surface area contributed by atoms with E-state index in [1.165, 1.54) is 6.20 Å². The van der Waals surface area contributed by atoms with Crippen molar-refractivity contribution in [3.8, 4) is 5.75 Å². The highest BCUT2D eigenvalue weighted by Gasteiger charge is 1.96. The second-order valence-electron chi connectivity index (χ2n) is 2.85. The molecule has 0 radical (unpaired) electrons. The first-order valence-electron chi connectivity index (χ1n) is 4.01. The molecule has 2 rings (SSSR count). The van der Waals surface area contributed by atoms with Gasteiger partial charge in [-0.25, -0.2) is 0 Å². The van der Waals surface area contributed by atoms with E-state index in [1.807, 2.05) is 18.2 Å². The Morgan fingerprint density at radius 3 is 2.92 bits per heavy atom. The predicted octanol–water partition coefficient (Wildman–Crippen LogP) is 2.58. The molecule has 1 aromatic heterocycles. The van der Waals surface area contributed by atoms with Gasteiger partial charge in [0.05, 0.1) is 11.7 Å². The smallest absolute Gasteiger partial charge is 0.134 e. The molecule has 1 N–H and O–H groups in total. The number of hydrogen-bond donors (Lipinski definition) is 1. The van der Waals surface area contributed by atoms with Gasteiger partial charge in [-0.05, 0) is 23.8 Å². The quantitative estimate of drug-likeness (QED) is 0.715. The summed E-state index contributed by atoms with van der Waals surface area (Å²) in [6, 6.07) is 7.48. The molecule has 0 saturated carbocycles. The van der Waals surface area contributed by atoms with Crippen molar-refractivity contribution in [1.82, 2.24) is 4.98 Å². The number of aromatic nitrogens is 1. The fraction of sp³-hybridized carbons (Fsp3) is 0. The lowest BCUT2D eigenvalue weighted by molar-refractivity contribution is 0.474. The van der Waals surface area contributed by atoms with Crippen LogP contribution in [0, 0.1) is 0 Å². The van der Waals surface area contributed by atoms with Crippen molar-refractivity contribution >= 4 is 17.0 Å². The van der Waals surface area contributed by atoms with Crippen molar-refractivity contribution in [2.45, 2.75) is 0 Å². The fourth-order valence-electron chi connectivity index (χ4n) is 1.27. The number of nitrogens with zero attached hydrogens (tertiary/aromatic N) is 1. The molecule has 0 aliphatic heterocycles. The van der Waals surface area contributed by atoms with E-state index in [9.17, 15) is 5.11 Å².